The fourth-order valence-electron chi connectivity index (χ4n) is 1.76. The summed E-state index contributed by atoms with van der Waals surface area (Å²) in [5, 5.41) is 9.71. The Balaban J connectivity index is 3.01. The van der Waals surface area contributed by atoms with Crippen LogP contribution in [-0.2, 0) is 12.8 Å². The van der Waals surface area contributed by atoms with E-state index in [0.717, 1.165) is 24.8 Å². The zero-order valence-corrected chi connectivity index (χ0v) is 9.38. The molecule has 78 valence electrons. The summed E-state index contributed by atoms with van der Waals surface area (Å²) in [7, 11) is 0. The lowest BCUT2D eigenvalue weighted by Gasteiger charge is -2.12. The van der Waals surface area contributed by atoms with Crippen LogP contribution in [0.2, 0.25) is 0 Å². The Bertz CT molecular complexity index is 291. The highest BCUT2D eigenvalue weighted by molar-refractivity contribution is 5.33. The van der Waals surface area contributed by atoms with Gasteiger partial charge in [-0.2, -0.15) is 0 Å². The molecule has 1 aromatic carbocycles. The molecule has 1 unspecified atom stereocenters. The lowest BCUT2D eigenvalue weighted by Crippen LogP contribution is -1.99. The number of aryl methyl sites for hydroxylation is 2. The van der Waals surface area contributed by atoms with Gasteiger partial charge in [0, 0.05) is 0 Å². The Morgan fingerprint density at radius 2 is 1.71 bits per heavy atom. The highest BCUT2D eigenvalue weighted by atomic mass is 16.3. The molecule has 1 atom stereocenters. The summed E-state index contributed by atoms with van der Waals surface area (Å²) >= 11 is 0. The third-order valence-corrected chi connectivity index (χ3v) is 2.76. The van der Waals surface area contributed by atoms with Crippen molar-refractivity contribution >= 4 is 0 Å². The van der Waals surface area contributed by atoms with Crippen molar-refractivity contribution in [1.29, 1.82) is 0 Å². The lowest BCUT2D eigenvalue weighted by molar-refractivity contribution is 0.173. The molecule has 0 aromatic heterocycles. The maximum Gasteiger partial charge on any atom is 0.0787 e. The van der Waals surface area contributed by atoms with E-state index in [2.05, 4.69) is 26.0 Å². The molecule has 0 heterocycles. The van der Waals surface area contributed by atoms with Gasteiger partial charge in [0.25, 0.3) is 0 Å². The van der Waals surface area contributed by atoms with Crippen LogP contribution in [-0.4, -0.2) is 5.11 Å². The summed E-state index contributed by atoms with van der Waals surface area (Å²) in [4.78, 5) is 0. The first-order valence-corrected chi connectivity index (χ1v) is 5.52. The molecule has 0 aliphatic heterocycles. The summed E-state index contributed by atoms with van der Waals surface area (Å²) < 4.78 is 0. The minimum absolute atomic E-state index is 0.300. The van der Waals surface area contributed by atoms with Crippen molar-refractivity contribution in [3.8, 4) is 0 Å². The van der Waals surface area contributed by atoms with E-state index < -0.39 is 0 Å². The molecule has 14 heavy (non-hydrogen) atoms. The maximum absolute atomic E-state index is 9.71. The molecule has 0 spiro atoms. The molecule has 0 saturated heterocycles. The van der Waals surface area contributed by atoms with Crippen LogP contribution in [0.4, 0.5) is 0 Å². The molecule has 0 radical (unpaired) electrons. The second-order valence-corrected chi connectivity index (χ2v) is 3.66. The number of aliphatic hydroxyl groups is 1. The Hall–Kier alpha value is -0.820. The van der Waals surface area contributed by atoms with Crippen molar-refractivity contribution in [1.82, 2.24) is 0 Å². The Labute approximate surface area is 86.8 Å². The van der Waals surface area contributed by atoms with Crippen LogP contribution < -0.4 is 0 Å². The molecular weight excluding hydrogens is 172 g/mol. The van der Waals surface area contributed by atoms with Crippen molar-refractivity contribution in [2.75, 3.05) is 0 Å². The molecule has 0 amide bonds. The van der Waals surface area contributed by atoms with Crippen molar-refractivity contribution in [2.45, 2.75) is 46.1 Å². The molecule has 0 saturated carbocycles. The second kappa shape index (κ2) is 5.16. The van der Waals surface area contributed by atoms with Gasteiger partial charge in [0.05, 0.1) is 6.10 Å². The SMILES string of the molecule is CCc1ccc(C(O)CC)cc1CC. The second-order valence-electron chi connectivity index (χ2n) is 3.66. The predicted octanol–water partition coefficient (Wildman–Crippen LogP) is 3.25. The third-order valence-electron chi connectivity index (χ3n) is 2.76. The molecule has 1 nitrogen and oxygen atoms in total. The summed E-state index contributed by atoms with van der Waals surface area (Å²) in [6.45, 7) is 6.34. The number of aliphatic hydroxyl groups excluding tert-OH is 1. The Kier molecular flexibility index (Phi) is 4.15. The normalized spacial score (nSPS) is 12.9. The van der Waals surface area contributed by atoms with Crippen LogP contribution >= 0.6 is 0 Å². The van der Waals surface area contributed by atoms with E-state index in [1.807, 2.05) is 13.0 Å². The van der Waals surface area contributed by atoms with Crippen molar-refractivity contribution < 1.29 is 5.11 Å². The maximum atomic E-state index is 9.71. The highest BCUT2D eigenvalue weighted by Crippen LogP contribution is 2.20. The fraction of sp³-hybridized carbons (Fsp3) is 0.538. The van der Waals surface area contributed by atoms with Crippen LogP contribution in [0.3, 0.4) is 0 Å². The van der Waals surface area contributed by atoms with E-state index in [1.54, 1.807) is 0 Å². The molecule has 1 rings (SSSR count). The van der Waals surface area contributed by atoms with E-state index in [-0.39, 0.29) is 6.10 Å². The van der Waals surface area contributed by atoms with Crippen LogP contribution in [0.15, 0.2) is 18.2 Å². The smallest absolute Gasteiger partial charge is 0.0787 e. The average molecular weight is 192 g/mol. The number of hydrogen-bond acceptors (Lipinski definition) is 1. The minimum Gasteiger partial charge on any atom is -0.388 e. The monoisotopic (exact) mass is 192 g/mol. The van der Waals surface area contributed by atoms with Crippen LogP contribution in [0.1, 0.15) is 50.0 Å². The first kappa shape index (κ1) is 11.3. The molecule has 1 aromatic rings. The van der Waals surface area contributed by atoms with Gasteiger partial charge in [0.1, 0.15) is 0 Å². The van der Waals surface area contributed by atoms with Crippen molar-refractivity contribution in [3.63, 3.8) is 0 Å². The van der Waals surface area contributed by atoms with Gasteiger partial charge >= 0.3 is 0 Å². The molecule has 1 N–H and O–H groups in total. The highest BCUT2D eigenvalue weighted by Gasteiger charge is 2.06. The largest absolute Gasteiger partial charge is 0.388 e. The molecule has 1 heteroatoms. The summed E-state index contributed by atoms with van der Waals surface area (Å²) in [5.74, 6) is 0. The fourth-order valence-corrected chi connectivity index (χ4v) is 1.76. The van der Waals surface area contributed by atoms with Crippen molar-refractivity contribution in [2.24, 2.45) is 0 Å². The number of rotatable bonds is 4. The van der Waals surface area contributed by atoms with Gasteiger partial charge in [-0.05, 0) is 36.0 Å². The summed E-state index contributed by atoms with van der Waals surface area (Å²) in [5.41, 5.74) is 3.83. The molecule has 0 aliphatic rings. The summed E-state index contributed by atoms with van der Waals surface area (Å²) in [6.07, 6.45) is 2.61. The average Bonchev–Trinajstić information content (AvgIpc) is 2.26. The lowest BCUT2D eigenvalue weighted by atomic mass is 9.97. The number of benzene rings is 1. The molecule has 0 aliphatic carbocycles. The van der Waals surface area contributed by atoms with Crippen LogP contribution in [0.5, 0.6) is 0 Å². The van der Waals surface area contributed by atoms with E-state index in [0.29, 0.717) is 0 Å². The molecule has 0 fully saturated rings. The van der Waals surface area contributed by atoms with E-state index in [1.165, 1.54) is 11.1 Å². The van der Waals surface area contributed by atoms with Gasteiger partial charge in [-0.1, -0.05) is 39.0 Å². The zero-order chi connectivity index (χ0) is 10.6. The number of hydrogen-bond donors (Lipinski definition) is 1. The third kappa shape index (κ3) is 2.36. The Morgan fingerprint density at radius 1 is 1.07 bits per heavy atom. The topological polar surface area (TPSA) is 20.2 Å². The van der Waals surface area contributed by atoms with E-state index in [9.17, 15) is 5.11 Å². The Morgan fingerprint density at radius 3 is 2.21 bits per heavy atom. The van der Waals surface area contributed by atoms with Gasteiger partial charge in [-0.25, -0.2) is 0 Å². The van der Waals surface area contributed by atoms with Crippen LogP contribution in [0, 0.1) is 0 Å². The first-order valence-electron chi connectivity index (χ1n) is 5.52. The van der Waals surface area contributed by atoms with Crippen LogP contribution in [0.25, 0.3) is 0 Å². The standard InChI is InChI=1S/C13H20O/c1-4-10-7-8-12(13(14)6-3)9-11(10)5-2/h7-9,13-14H,4-6H2,1-3H3. The van der Waals surface area contributed by atoms with E-state index >= 15 is 0 Å². The van der Waals surface area contributed by atoms with Gasteiger partial charge in [-0.3, -0.25) is 0 Å². The molecule has 0 bridgehead atoms. The predicted molar refractivity (Wildman–Crippen MR) is 60.4 cm³/mol. The molecular formula is C13H20O. The van der Waals surface area contributed by atoms with Crippen molar-refractivity contribution in [3.05, 3.63) is 34.9 Å². The first-order chi connectivity index (χ1) is 6.72. The quantitative estimate of drug-likeness (QED) is 0.776. The van der Waals surface area contributed by atoms with Gasteiger partial charge in [0.15, 0.2) is 0 Å². The minimum atomic E-state index is -0.300. The van der Waals surface area contributed by atoms with Gasteiger partial charge < -0.3 is 5.11 Å². The summed E-state index contributed by atoms with van der Waals surface area (Å²) in [6, 6.07) is 6.34. The van der Waals surface area contributed by atoms with E-state index in [4.69, 9.17) is 0 Å². The zero-order valence-electron chi connectivity index (χ0n) is 9.38. The van der Waals surface area contributed by atoms with Gasteiger partial charge in [0.2, 0.25) is 0 Å². The van der Waals surface area contributed by atoms with Gasteiger partial charge in [-0.15, -0.1) is 0 Å².